The zero-order chi connectivity index (χ0) is 9.10. The molecule has 0 N–H and O–H groups in total. The van der Waals surface area contributed by atoms with Crippen LogP contribution in [0, 0.1) is 6.92 Å². The fourth-order valence-electron chi connectivity index (χ4n) is 1.78. The van der Waals surface area contributed by atoms with E-state index in [0.29, 0.717) is 6.10 Å². The molecule has 1 aromatic carbocycles. The fraction of sp³-hybridized carbons (Fsp3) is 0.500. The number of benzene rings is 1. The van der Waals surface area contributed by atoms with Crippen LogP contribution >= 0.6 is 0 Å². The van der Waals surface area contributed by atoms with Gasteiger partial charge in [-0.2, -0.15) is 0 Å². The molecule has 1 nitrogen and oxygen atoms in total. The Balaban J connectivity index is 2.10. The lowest BCUT2D eigenvalue weighted by Gasteiger charge is -2.22. The van der Waals surface area contributed by atoms with Gasteiger partial charge in [-0.3, -0.25) is 0 Å². The van der Waals surface area contributed by atoms with Crippen LogP contribution in [0.15, 0.2) is 24.3 Å². The van der Waals surface area contributed by atoms with Gasteiger partial charge in [0.05, 0.1) is 6.10 Å². The van der Waals surface area contributed by atoms with E-state index in [2.05, 4.69) is 31.2 Å². The standard InChI is InChI=1S/C12H16O/c1-10-5-7-11(8-6-10)12-4-2-3-9-13-12/h5-8,12H,2-4,9H2,1H3. The first-order chi connectivity index (χ1) is 6.36. The van der Waals surface area contributed by atoms with Crippen molar-refractivity contribution in [1.29, 1.82) is 0 Å². The molecule has 1 fully saturated rings. The molecule has 13 heavy (non-hydrogen) atoms. The van der Waals surface area contributed by atoms with Gasteiger partial charge in [0.2, 0.25) is 0 Å². The molecule has 0 amide bonds. The molecule has 1 heteroatoms. The zero-order valence-corrected chi connectivity index (χ0v) is 8.12. The van der Waals surface area contributed by atoms with Crippen LogP contribution in [0.5, 0.6) is 0 Å². The highest BCUT2D eigenvalue weighted by molar-refractivity contribution is 5.23. The molecule has 1 aliphatic rings. The summed E-state index contributed by atoms with van der Waals surface area (Å²) in [5.74, 6) is 0. The summed E-state index contributed by atoms with van der Waals surface area (Å²) in [6.45, 7) is 3.05. The van der Waals surface area contributed by atoms with Gasteiger partial charge in [0, 0.05) is 6.61 Å². The molecule has 70 valence electrons. The van der Waals surface area contributed by atoms with Gasteiger partial charge in [-0.05, 0) is 31.7 Å². The van der Waals surface area contributed by atoms with Crippen LogP contribution in [0.4, 0.5) is 0 Å². The Morgan fingerprint density at radius 1 is 1.15 bits per heavy atom. The van der Waals surface area contributed by atoms with E-state index in [9.17, 15) is 0 Å². The van der Waals surface area contributed by atoms with E-state index in [4.69, 9.17) is 4.74 Å². The third-order valence-electron chi connectivity index (χ3n) is 2.63. The van der Waals surface area contributed by atoms with E-state index in [0.717, 1.165) is 6.61 Å². The van der Waals surface area contributed by atoms with Gasteiger partial charge in [-0.25, -0.2) is 0 Å². The summed E-state index contributed by atoms with van der Waals surface area (Å²) in [6.07, 6.45) is 4.07. The molecule has 0 spiro atoms. The lowest BCUT2D eigenvalue weighted by Crippen LogP contribution is -2.11. The average molecular weight is 176 g/mol. The van der Waals surface area contributed by atoms with Crippen molar-refractivity contribution in [2.45, 2.75) is 32.3 Å². The summed E-state index contributed by atoms with van der Waals surface area (Å²) < 4.78 is 5.70. The molecule has 1 aliphatic heterocycles. The molecule has 0 aliphatic carbocycles. The second-order valence-electron chi connectivity index (χ2n) is 3.77. The number of rotatable bonds is 1. The van der Waals surface area contributed by atoms with Gasteiger partial charge >= 0.3 is 0 Å². The smallest absolute Gasteiger partial charge is 0.0824 e. The Labute approximate surface area is 79.7 Å². The highest BCUT2D eigenvalue weighted by atomic mass is 16.5. The van der Waals surface area contributed by atoms with Crippen molar-refractivity contribution in [3.8, 4) is 0 Å². The van der Waals surface area contributed by atoms with E-state index in [1.54, 1.807) is 0 Å². The van der Waals surface area contributed by atoms with Crippen LogP contribution in [-0.4, -0.2) is 6.61 Å². The summed E-state index contributed by atoms with van der Waals surface area (Å²) >= 11 is 0. The minimum Gasteiger partial charge on any atom is -0.374 e. The molecule has 0 bridgehead atoms. The van der Waals surface area contributed by atoms with E-state index in [1.165, 1.54) is 30.4 Å². The van der Waals surface area contributed by atoms with Crippen molar-refractivity contribution in [1.82, 2.24) is 0 Å². The molecular formula is C12H16O. The molecule has 1 heterocycles. The van der Waals surface area contributed by atoms with Crippen molar-refractivity contribution in [2.24, 2.45) is 0 Å². The quantitative estimate of drug-likeness (QED) is 0.638. The van der Waals surface area contributed by atoms with Gasteiger partial charge < -0.3 is 4.74 Å². The van der Waals surface area contributed by atoms with Crippen molar-refractivity contribution in [2.75, 3.05) is 6.61 Å². The van der Waals surface area contributed by atoms with Crippen LogP contribution in [0.25, 0.3) is 0 Å². The molecule has 1 aromatic rings. The maximum Gasteiger partial charge on any atom is 0.0824 e. The van der Waals surface area contributed by atoms with E-state index < -0.39 is 0 Å². The van der Waals surface area contributed by atoms with Crippen molar-refractivity contribution < 1.29 is 4.74 Å². The molecule has 1 unspecified atom stereocenters. The predicted molar refractivity (Wildman–Crippen MR) is 53.7 cm³/mol. The van der Waals surface area contributed by atoms with E-state index >= 15 is 0 Å². The van der Waals surface area contributed by atoms with Crippen molar-refractivity contribution >= 4 is 0 Å². The summed E-state index contributed by atoms with van der Waals surface area (Å²) in [5.41, 5.74) is 2.66. The Morgan fingerprint density at radius 2 is 1.92 bits per heavy atom. The zero-order valence-electron chi connectivity index (χ0n) is 8.12. The number of ether oxygens (including phenoxy) is 1. The third kappa shape index (κ3) is 2.10. The Morgan fingerprint density at radius 3 is 2.54 bits per heavy atom. The van der Waals surface area contributed by atoms with Gasteiger partial charge in [0.25, 0.3) is 0 Å². The topological polar surface area (TPSA) is 9.23 Å². The summed E-state index contributed by atoms with van der Waals surface area (Å²) in [7, 11) is 0. The van der Waals surface area contributed by atoms with Crippen molar-refractivity contribution in [3.63, 3.8) is 0 Å². The van der Waals surface area contributed by atoms with Gasteiger partial charge in [0.1, 0.15) is 0 Å². The van der Waals surface area contributed by atoms with Crippen LogP contribution in [0.2, 0.25) is 0 Å². The third-order valence-corrected chi connectivity index (χ3v) is 2.63. The lowest BCUT2D eigenvalue weighted by atomic mass is 10.0. The molecule has 0 radical (unpaired) electrons. The molecule has 1 saturated heterocycles. The maximum absolute atomic E-state index is 5.70. The minimum atomic E-state index is 0.356. The molecule has 2 rings (SSSR count). The SMILES string of the molecule is Cc1ccc(C2CCCCO2)cc1. The Kier molecular flexibility index (Phi) is 2.65. The fourth-order valence-corrected chi connectivity index (χ4v) is 1.78. The Bertz CT molecular complexity index is 257. The monoisotopic (exact) mass is 176 g/mol. The second-order valence-corrected chi connectivity index (χ2v) is 3.77. The van der Waals surface area contributed by atoms with Crippen LogP contribution in [-0.2, 0) is 4.74 Å². The molecule has 0 saturated carbocycles. The van der Waals surface area contributed by atoms with E-state index in [1.807, 2.05) is 0 Å². The minimum absolute atomic E-state index is 0.356. The second kappa shape index (κ2) is 3.93. The highest BCUT2D eigenvalue weighted by Gasteiger charge is 2.14. The van der Waals surface area contributed by atoms with E-state index in [-0.39, 0.29) is 0 Å². The van der Waals surface area contributed by atoms with Gasteiger partial charge in [0.15, 0.2) is 0 Å². The normalized spacial score (nSPS) is 23.0. The van der Waals surface area contributed by atoms with Crippen LogP contribution in [0.1, 0.15) is 36.5 Å². The molecule has 0 aromatic heterocycles. The number of hydrogen-bond donors (Lipinski definition) is 0. The highest BCUT2D eigenvalue weighted by Crippen LogP contribution is 2.27. The summed E-state index contributed by atoms with van der Waals surface area (Å²) in [4.78, 5) is 0. The maximum atomic E-state index is 5.70. The average Bonchev–Trinajstić information content (AvgIpc) is 2.20. The Hall–Kier alpha value is -0.820. The van der Waals surface area contributed by atoms with Crippen LogP contribution < -0.4 is 0 Å². The first kappa shape index (κ1) is 8.76. The predicted octanol–water partition coefficient (Wildman–Crippen LogP) is 3.24. The van der Waals surface area contributed by atoms with Gasteiger partial charge in [-0.15, -0.1) is 0 Å². The molecule has 1 atom stereocenters. The number of aryl methyl sites for hydroxylation is 1. The first-order valence-electron chi connectivity index (χ1n) is 5.04. The van der Waals surface area contributed by atoms with Crippen LogP contribution in [0.3, 0.4) is 0 Å². The summed E-state index contributed by atoms with van der Waals surface area (Å²) in [6, 6.07) is 8.69. The largest absolute Gasteiger partial charge is 0.374 e. The molecular weight excluding hydrogens is 160 g/mol. The first-order valence-corrected chi connectivity index (χ1v) is 5.04. The number of hydrogen-bond acceptors (Lipinski definition) is 1. The van der Waals surface area contributed by atoms with Gasteiger partial charge in [-0.1, -0.05) is 29.8 Å². The lowest BCUT2D eigenvalue weighted by molar-refractivity contribution is 0.0149. The summed E-state index contributed by atoms with van der Waals surface area (Å²) in [5, 5.41) is 0. The van der Waals surface area contributed by atoms with Crippen molar-refractivity contribution in [3.05, 3.63) is 35.4 Å².